The highest BCUT2D eigenvalue weighted by Gasteiger charge is 2.20. The fraction of sp³-hybridized carbons (Fsp3) is 0.308. The van der Waals surface area contributed by atoms with Gasteiger partial charge < -0.3 is 14.4 Å². The third-order valence-electron chi connectivity index (χ3n) is 5.78. The monoisotopic (exact) mass is 420 g/mol. The zero-order chi connectivity index (χ0) is 21.5. The minimum Gasteiger partial charge on any atom is -0.497 e. The fourth-order valence-corrected chi connectivity index (χ4v) is 3.96. The van der Waals surface area contributed by atoms with Gasteiger partial charge in [-0.25, -0.2) is 4.39 Å². The Kier molecular flexibility index (Phi) is 7.05. The molecule has 0 N–H and O–H groups in total. The Balaban J connectivity index is 1.36. The Morgan fingerprint density at radius 1 is 0.806 bits per heavy atom. The molecular weight excluding hydrogens is 391 g/mol. The van der Waals surface area contributed by atoms with Crippen molar-refractivity contribution in [3.05, 3.63) is 90.2 Å². The highest BCUT2D eigenvalue weighted by atomic mass is 19.1. The summed E-state index contributed by atoms with van der Waals surface area (Å²) in [5.74, 6) is 1.54. The molecule has 0 aliphatic carbocycles. The van der Waals surface area contributed by atoms with Gasteiger partial charge in [-0.05, 0) is 54.1 Å². The van der Waals surface area contributed by atoms with E-state index in [1.54, 1.807) is 7.11 Å². The van der Waals surface area contributed by atoms with Crippen LogP contribution in [0.2, 0.25) is 0 Å². The molecule has 5 heteroatoms. The molecule has 0 aromatic heterocycles. The first-order valence-corrected chi connectivity index (χ1v) is 10.8. The maximum absolute atomic E-state index is 13.2. The van der Waals surface area contributed by atoms with Crippen LogP contribution in [0.25, 0.3) is 0 Å². The molecule has 3 aromatic carbocycles. The van der Waals surface area contributed by atoms with Crippen molar-refractivity contribution in [1.82, 2.24) is 4.90 Å². The molecule has 0 saturated carbocycles. The predicted molar refractivity (Wildman–Crippen MR) is 122 cm³/mol. The Hall–Kier alpha value is -3.05. The minimum absolute atomic E-state index is 0.0246. The van der Waals surface area contributed by atoms with Crippen LogP contribution in [0, 0.1) is 5.82 Å². The predicted octanol–water partition coefficient (Wildman–Crippen LogP) is 5.17. The molecule has 1 heterocycles. The maximum Gasteiger partial charge on any atom is 0.125 e. The van der Waals surface area contributed by atoms with Crippen LogP contribution in [0.3, 0.4) is 0 Å². The highest BCUT2D eigenvalue weighted by Crippen LogP contribution is 2.27. The number of hydrogen-bond acceptors (Lipinski definition) is 4. The van der Waals surface area contributed by atoms with Crippen LogP contribution in [0.5, 0.6) is 11.5 Å². The summed E-state index contributed by atoms with van der Waals surface area (Å²) in [4.78, 5) is 4.79. The van der Waals surface area contributed by atoms with E-state index >= 15 is 0 Å². The van der Waals surface area contributed by atoms with E-state index < -0.39 is 0 Å². The van der Waals surface area contributed by atoms with Crippen molar-refractivity contribution in [2.24, 2.45) is 0 Å². The van der Waals surface area contributed by atoms with Crippen molar-refractivity contribution in [1.29, 1.82) is 0 Å². The highest BCUT2D eigenvalue weighted by molar-refractivity contribution is 5.46. The summed E-state index contributed by atoms with van der Waals surface area (Å²) in [5.41, 5.74) is 2.24. The molecule has 4 nitrogen and oxygen atoms in total. The number of para-hydroxylation sites is 1. The Morgan fingerprint density at radius 3 is 2.13 bits per heavy atom. The lowest BCUT2D eigenvalue weighted by molar-refractivity contribution is 0.160. The van der Waals surface area contributed by atoms with Crippen LogP contribution in [-0.2, 0) is 0 Å². The van der Waals surface area contributed by atoms with Gasteiger partial charge in [0.15, 0.2) is 0 Å². The summed E-state index contributed by atoms with van der Waals surface area (Å²) in [7, 11) is 1.68. The van der Waals surface area contributed by atoms with Gasteiger partial charge in [-0.3, -0.25) is 4.90 Å². The molecule has 0 bridgehead atoms. The molecule has 0 amide bonds. The van der Waals surface area contributed by atoms with Crippen molar-refractivity contribution in [3.8, 4) is 11.5 Å². The molecule has 1 fully saturated rings. The van der Waals surface area contributed by atoms with Crippen molar-refractivity contribution in [2.45, 2.75) is 12.5 Å². The molecule has 1 aliphatic heterocycles. The smallest absolute Gasteiger partial charge is 0.125 e. The molecule has 1 aliphatic rings. The molecule has 0 radical (unpaired) electrons. The molecule has 162 valence electrons. The van der Waals surface area contributed by atoms with Gasteiger partial charge in [-0.1, -0.05) is 30.3 Å². The number of nitrogens with zero attached hydrogens (tertiary/aromatic N) is 2. The first kappa shape index (κ1) is 21.2. The molecule has 1 atom stereocenters. The zero-order valence-electron chi connectivity index (χ0n) is 17.9. The lowest BCUT2D eigenvalue weighted by atomic mass is 10.1. The normalized spacial score (nSPS) is 15.5. The first-order valence-electron chi connectivity index (χ1n) is 10.8. The molecular formula is C26H29FN2O2. The quantitative estimate of drug-likeness (QED) is 0.502. The van der Waals surface area contributed by atoms with Crippen LogP contribution in [0.1, 0.15) is 18.1 Å². The van der Waals surface area contributed by atoms with Crippen molar-refractivity contribution in [3.63, 3.8) is 0 Å². The number of methoxy groups -OCH3 is 1. The SMILES string of the molecule is COc1ccc(C(CCN2CCN(c3ccc(F)cc3)CC2)Oc2ccccc2)cc1. The van der Waals surface area contributed by atoms with E-state index in [1.165, 1.54) is 12.1 Å². The Labute approximate surface area is 183 Å². The summed E-state index contributed by atoms with van der Waals surface area (Å²) in [6, 6.07) is 24.9. The van der Waals surface area contributed by atoms with Crippen LogP contribution >= 0.6 is 0 Å². The van der Waals surface area contributed by atoms with Crippen molar-refractivity contribution >= 4 is 5.69 Å². The summed E-state index contributed by atoms with van der Waals surface area (Å²) >= 11 is 0. The molecule has 1 saturated heterocycles. The van der Waals surface area contributed by atoms with Crippen LogP contribution in [0.15, 0.2) is 78.9 Å². The summed E-state index contributed by atoms with van der Waals surface area (Å²) < 4.78 is 24.8. The van der Waals surface area contributed by atoms with E-state index in [1.807, 2.05) is 54.6 Å². The number of benzene rings is 3. The minimum atomic E-state index is -0.189. The second kappa shape index (κ2) is 10.3. The lowest BCUT2D eigenvalue weighted by Gasteiger charge is -2.36. The Bertz CT molecular complexity index is 924. The number of ether oxygens (including phenoxy) is 2. The summed E-state index contributed by atoms with van der Waals surface area (Å²) in [5, 5.41) is 0. The van der Waals surface area contributed by atoms with E-state index in [2.05, 4.69) is 21.9 Å². The molecule has 4 rings (SSSR count). The van der Waals surface area contributed by atoms with Crippen molar-refractivity contribution < 1.29 is 13.9 Å². The van der Waals surface area contributed by atoms with Gasteiger partial charge in [0, 0.05) is 44.8 Å². The zero-order valence-corrected chi connectivity index (χ0v) is 17.9. The van der Waals surface area contributed by atoms with Gasteiger partial charge in [0.1, 0.15) is 23.4 Å². The van der Waals surface area contributed by atoms with Gasteiger partial charge in [0.05, 0.1) is 7.11 Å². The van der Waals surface area contributed by atoms with Crippen molar-refractivity contribution in [2.75, 3.05) is 44.7 Å². The number of anilines is 1. The summed E-state index contributed by atoms with van der Waals surface area (Å²) in [6.07, 6.45) is 0.876. The molecule has 3 aromatic rings. The lowest BCUT2D eigenvalue weighted by Crippen LogP contribution is -2.46. The second-order valence-corrected chi connectivity index (χ2v) is 7.79. The summed E-state index contributed by atoms with van der Waals surface area (Å²) in [6.45, 7) is 4.81. The Morgan fingerprint density at radius 2 is 1.48 bits per heavy atom. The van der Waals surface area contributed by atoms with E-state index in [0.29, 0.717) is 0 Å². The van der Waals surface area contributed by atoms with Crippen LogP contribution in [0.4, 0.5) is 10.1 Å². The second-order valence-electron chi connectivity index (χ2n) is 7.79. The van der Waals surface area contributed by atoms with Gasteiger partial charge in [-0.15, -0.1) is 0 Å². The third-order valence-corrected chi connectivity index (χ3v) is 5.78. The number of rotatable bonds is 8. The van der Waals surface area contributed by atoms with Gasteiger partial charge in [0.2, 0.25) is 0 Å². The van der Waals surface area contributed by atoms with Crippen LogP contribution < -0.4 is 14.4 Å². The van der Waals surface area contributed by atoms with E-state index in [0.717, 1.165) is 61.9 Å². The fourth-order valence-electron chi connectivity index (χ4n) is 3.96. The first-order chi connectivity index (χ1) is 15.2. The molecule has 1 unspecified atom stereocenters. The standard InChI is InChI=1S/C26H29FN2O2/c1-30-24-13-7-21(8-14-24)26(31-25-5-3-2-4-6-25)15-16-28-17-19-29(20-18-28)23-11-9-22(27)10-12-23/h2-14,26H,15-20H2,1H3. The van der Waals surface area contributed by atoms with Gasteiger partial charge in [-0.2, -0.15) is 0 Å². The van der Waals surface area contributed by atoms with E-state index in [9.17, 15) is 4.39 Å². The number of hydrogen-bond donors (Lipinski definition) is 0. The van der Waals surface area contributed by atoms with Gasteiger partial charge in [0.25, 0.3) is 0 Å². The van der Waals surface area contributed by atoms with Gasteiger partial charge >= 0.3 is 0 Å². The van der Waals surface area contributed by atoms with E-state index in [4.69, 9.17) is 9.47 Å². The molecule has 0 spiro atoms. The third kappa shape index (κ3) is 5.76. The molecule has 31 heavy (non-hydrogen) atoms. The maximum atomic E-state index is 13.2. The average molecular weight is 421 g/mol. The van der Waals surface area contributed by atoms with Crippen LogP contribution in [-0.4, -0.2) is 44.7 Å². The average Bonchev–Trinajstić information content (AvgIpc) is 2.83. The largest absolute Gasteiger partial charge is 0.497 e. The number of halogens is 1. The number of piperazine rings is 1. The topological polar surface area (TPSA) is 24.9 Å². The van der Waals surface area contributed by atoms with E-state index in [-0.39, 0.29) is 11.9 Å².